The van der Waals surface area contributed by atoms with Crippen molar-refractivity contribution in [2.75, 3.05) is 0 Å². The molecular formula is C14H19NO3. The summed E-state index contributed by atoms with van der Waals surface area (Å²) >= 11 is 0. The van der Waals surface area contributed by atoms with Crippen molar-refractivity contribution in [3.63, 3.8) is 0 Å². The molecule has 2 rings (SSSR count). The molecule has 0 heterocycles. The highest BCUT2D eigenvalue weighted by Crippen LogP contribution is 2.21. The molecule has 4 nitrogen and oxygen atoms in total. The number of carboxylic acid groups (broad SMARTS) is 1. The molecule has 0 amide bonds. The summed E-state index contributed by atoms with van der Waals surface area (Å²) in [5, 5.41) is 22.1. The van der Waals surface area contributed by atoms with Gasteiger partial charge >= 0.3 is 5.97 Å². The number of aliphatic hydroxyl groups is 1. The Hall–Kier alpha value is -1.39. The van der Waals surface area contributed by atoms with E-state index >= 15 is 0 Å². The zero-order chi connectivity index (χ0) is 13.0. The highest BCUT2D eigenvalue weighted by molar-refractivity contribution is 5.87. The molecule has 1 unspecified atom stereocenters. The lowest BCUT2D eigenvalue weighted by atomic mass is 9.95. The van der Waals surface area contributed by atoms with Crippen molar-refractivity contribution < 1.29 is 15.0 Å². The maximum absolute atomic E-state index is 10.9. The monoisotopic (exact) mass is 249 g/mol. The molecule has 1 aromatic rings. The van der Waals surface area contributed by atoms with Gasteiger partial charge in [-0.15, -0.1) is 0 Å². The molecule has 0 aromatic heterocycles. The molecule has 98 valence electrons. The van der Waals surface area contributed by atoms with Crippen LogP contribution in [0.1, 0.15) is 54.3 Å². The highest BCUT2D eigenvalue weighted by Gasteiger charge is 2.17. The van der Waals surface area contributed by atoms with Gasteiger partial charge in [0.1, 0.15) is 6.23 Å². The van der Waals surface area contributed by atoms with Crippen LogP contribution in [0.4, 0.5) is 0 Å². The Kier molecular flexibility index (Phi) is 4.33. The first-order chi connectivity index (χ1) is 8.66. The summed E-state index contributed by atoms with van der Waals surface area (Å²) in [5.74, 6) is -0.971. The molecule has 1 aliphatic rings. The van der Waals surface area contributed by atoms with Gasteiger partial charge in [-0.25, -0.2) is 4.79 Å². The van der Waals surface area contributed by atoms with Crippen LogP contribution in [0.3, 0.4) is 0 Å². The van der Waals surface area contributed by atoms with Gasteiger partial charge in [0.15, 0.2) is 0 Å². The SMILES string of the molecule is O=C(O)c1cccc(C(O)NC2CCCCC2)c1. The van der Waals surface area contributed by atoms with Crippen LogP contribution in [0.15, 0.2) is 24.3 Å². The molecule has 1 atom stereocenters. The Bertz CT molecular complexity index is 413. The molecule has 18 heavy (non-hydrogen) atoms. The number of carboxylic acids is 1. The number of rotatable bonds is 4. The molecule has 1 fully saturated rings. The van der Waals surface area contributed by atoms with E-state index < -0.39 is 12.2 Å². The van der Waals surface area contributed by atoms with Crippen LogP contribution in [0, 0.1) is 0 Å². The summed E-state index contributed by atoms with van der Waals surface area (Å²) in [6.45, 7) is 0. The lowest BCUT2D eigenvalue weighted by Gasteiger charge is -2.26. The molecule has 0 radical (unpaired) electrons. The minimum Gasteiger partial charge on any atom is -0.478 e. The second kappa shape index (κ2) is 5.98. The van der Waals surface area contributed by atoms with E-state index in [0.717, 1.165) is 12.8 Å². The van der Waals surface area contributed by atoms with E-state index in [1.807, 2.05) is 0 Å². The molecule has 0 spiro atoms. The van der Waals surface area contributed by atoms with Crippen LogP contribution < -0.4 is 5.32 Å². The molecule has 3 N–H and O–H groups in total. The van der Waals surface area contributed by atoms with Crippen molar-refractivity contribution in [1.82, 2.24) is 5.32 Å². The molecule has 1 aliphatic carbocycles. The Labute approximate surface area is 107 Å². The third-order valence-electron chi connectivity index (χ3n) is 3.45. The molecule has 0 aliphatic heterocycles. The molecule has 0 bridgehead atoms. The van der Waals surface area contributed by atoms with Crippen LogP contribution in [-0.2, 0) is 0 Å². The van der Waals surface area contributed by atoms with E-state index in [9.17, 15) is 9.90 Å². The van der Waals surface area contributed by atoms with E-state index in [1.165, 1.54) is 31.4 Å². The molecule has 1 aromatic carbocycles. The second-order valence-electron chi connectivity index (χ2n) is 4.83. The average Bonchev–Trinajstić information content (AvgIpc) is 2.40. The minimum atomic E-state index is -0.971. The van der Waals surface area contributed by atoms with Gasteiger partial charge in [0.2, 0.25) is 0 Å². The first kappa shape index (κ1) is 13.1. The number of aliphatic hydroxyl groups excluding tert-OH is 1. The Morgan fingerprint density at radius 1 is 1.28 bits per heavy atom. The summed E-state index contributed by atoms with van der Waals surface area (Å²) in [5.41, 5.74) is 0.817. The quantitative estimate of drug-likeness (QED) is 0.716. The Morgan fingerprint density at radius 2 is 2.00 bits per heavy atom. The van der Waals surface area contributed by atoms with E-state index in [0.29, 0.717) is 11.6 Å². The number of benzene rings is 1. The summed E-state index contributed by atoms with van der Waals surface area (Å²) in [6, 6.07) is 6.78. The molecule has 1 saturated carbocycles. The van der Waals surface area contributed by atoms with Crippen LogP contribution >= 0.6 is 0 Å². The van der Waals surface area contributed by atoms with Crippen LogP contribution in [0.2, 0.25) is 0 Å². The van der Waals surface area contributed by atoms with Gasteiger partial charge in [-0.3, -0.25) is 5.32 Å². The summed E-state index contributed by atoms with van der Waals surface area (Å²) in [4.78, 5) is 10.9. The number of aromatic carboxylic acids is 1. The number of hydrogen-bond donors (Lipinski definition) is 3. The lowest BCUT2D eigenvalue weighted by molar-refractivity contribution is 0.0696. The third-order valence-corrected chi connectivity index (χ3v) is 3.45. The second-order valence-corrected chi connectivity index (χ2v) is 4.83. The molecule has 0 saturated heterocycles. The number of hydrogen-bond acceptors (Lipinski definition) is 3. The maximum Gasteiger partial charge on any atom is 0.335 e. The standard InChI is InChI=1S/C14H19NO3/c16-13(15-12-7-2-1-3-8-12)10-5-4-6-11(9-10)14(17)18/h4-6,9,12-13,15-16H,1-3,7-8H2,(H,17,18). The zero-order valence-electron chi connectivity index (χ0n) is 10.3. The van der Waals surface area contributed by atoms with E-state index in [-0.39, 0.29) is 5.56 Å². The summed E-state index contributed by atoms with van der Waals surface area (Å²) < 4.78 is 0. The zero-order valence-corrected chi connectivity index (χ0v) is 10.3. The van der Waals surface area contributed by atoms with Crippen molar-refractivity contribution in [3.05, 3.63) is 35.4 Å². The predicted molar refractivity (Wildman–Crippen MR) is 68.4 cm³/mol. The summed E-state index contributed by atoms with van der Waals surface area (Å²) in [7, 11) is 0. The van der Waals surface area contributed by atoms with Gasteiger partial charge in [-0.2, -0.15) is 0 Å². The maximum atomic E-state index is 10.9. The van der Waals surface area contributed by atoms with Gasteiger partial charge < -0.3 is 10.2 Å². The van der Waals surface area contributed by atoms with Crippen molar-refractivity contribution in [2.24, 2.45) is 0 Å². The lowest BCUT2D eigenvalue weighted by Crippen LogP contribution is -2.34. The summed E-state index contributed by atoms with van der Waals surface area (Å²) in [6.07, 6.45) is 5.03. The first-order valence-corrected chi connectivity index (χ1v) is 6.44. The van der Waals surface area contributed by atoms with E-state index in [1.54, 1.807) is 12.1 Å². The van der Waals surface area contributed by atoms with Gasteiger partial charge in [0.25, 0.3) is 0 Å². The van der Waals surface area contributed by atoms with Crippen LogP contribution in [0.5, 0.6) is 0 Å². The fraction of sp³-hybridized carbons (Fsp3) is 0.500. The minimum absolute atomic E-state index is 0.206. The van der Waals surface area contributed by atoms with Gasteiger partial charge in [-0.05, 0) is 30.5 Å². The smallest absolute Gasteiger partial charge is 0.335 e. The van der Waals surface area contributed by atoms with Crippen molar-refractivity contribution >= 4 is 5.97 Å². The van der Waals surface area contributed by atoms with Crippen LogP contribution in [-0.4, -0.2) is 22.2 Å². The van der Waals surface area contributed by atoms with Crippen molar-refractivity contribution in [1.29, 1.82) is 0 Å². The molecular weight excluding hydrogens is 230 g/mol. The normalized spacial score (nSPS) is 18.5. The first-order valence-electron chi connectivity index (χ1n) is 6.44. The predicted octanol–water partition coefficient (Wildman–Crippen LogP) is 2.30. The fourth-order valence-electron chi connectivity index (χ4n) is 2.43. The largest absolute Gasteiger partial charge is 0.478 e. The molecule has 4 heteroatoms. The number of nitrogens with one attached hydrogen (secondary N) is 1. The van der Waals surface area contributed by atoms with Crippen molar-refractivity contribution in [2.45, 2.75) is 44.4 Å². The van der Waals surface area contributed by atoms with E-state index in [4.69, 9.17) is 5.11 Å². The number of carbonyl (C=O) groups is 1. The fourth-order valence-corrected chi connectivity index (χ4v) is 2.43. The van der Waals surface area contributed by atoms with Crippen molar-refractivity contribution in [3.8, 4) is 0 Å². The van der Waals surface area contributed by atoms with Gasteiger partial charge in [0, 0.05) is 6.04 Å². The highest BCUT2D eigenvalue weighted by atomic mass is 16.4. The van der Waals surface area contributed by atoms with E-state index in [2.05, 4.69) is 5.32 Å². The topological polar surface area (TPSA) is 69.6 Å². The van der Waals surface area contributed by atoms with Gasteiger partial charge in [-0.1, -0.05) is 31.4 Å². The Balaban J connectivity index is 2.01. The van der Waals surface area contributed by atoms with Crippen LogP contribution in [0.25, 0.3) is 0 Å². The Morgan fingerprint density at radius 3 is 2.67 bits per heavy atom. The average molecular weight is 249 g/mol. The third kappa shape index (κ3) is 3.31. The van der Waals surface area contributed by atoms with Gasteiger partial charge in [0.05, 0.1) is 5.56 Å².